The number of Topliss-reactive ketones (excluding diaryl/α,β-unsaturated/α-hetero) is 2. The number of hydrogen-bond donors (Lipinski definition) is 6. The molecule has 1 fully saturated rings. The van der Waals surface area contributed by atoms with E-state index in [1.54, 1.807) is 6.92 Å². The van der Waals surface area contributed by atoms with Crippen LogP contribution in [0.4, 0.5) is 13.2 Å². The van der Waals surface area contributed by atoms with Crippen LogP contribution in [0.2, 0.25) is 0 Å². The lowest BCUT2D eigenvalue weighted by atomic mass is 9.54. The molecule has 0 aliphatic heterocycles. The third-order valence-electron chi connectivity index (χ3n) is 8.85. The maximum Gasteiger partial charge on any atom is 0.416 e. The predicted octanol–water partition coefficient (Wildman–Crippen LogP) is 2.69. The number of ketones is 2. The highest BCUT2D eigenvalue weighted by Crippen LogP contribution is 2.56. The monoisotopic (exact) mass is 614 g/mol. The second kappa shape index (κ2) is 10.3. The summed E-state index contributed by atoms with van der Waals surface area (Å²) in [5, 5.41) is 57.0. The van der Waals surface area contributed by atoms with Gasteiger partial charge in [-0.2, -0.15) is 13.2 Å². The Morgan fingerprint density at radius 2 is 1.64 bits per heavy atom. The van der Waals surface area contributed by atoms with E-state index in [-0.39, 0.29) is 11.1 Å². The van der Waals surface area contributed by atoms with Gasteiger partial charge in [0.05, 0.1) is 29.2 Å². The van der Waals surface area contributed by atoms with E-state index in [0.717, 1.165) is 12.1 Å². The van der Waals surface area contributed by atoms with Crippen LogP contribution < -0.4 is 5.73 Å². The third kappa shape index (κ3) is 4.33. The van der Waals surface area contributed by atoms with Crippen molar-refractivity contribution in [2.75, 3.05) is 14.1 Å². The molecule has 0 radical (unpaired) electrons. The molecule has 2 aromatic rings. The Morgan fingerprint density at radius 1 is 1.02 bits per heavy atom. The summed E-state index contributed by atoms with van der Waals surface area (Å²) in [6, 6.07) is 5.82. The zero-order valence-corrected chi connectivity index (χ0v) is 23.6. The van der Waals surface area contributed by atoms with Crippen LogP contribution in [0.3, 0.4) is 0 Å². The number of fused-ring (bicyclic) bond motifs is 3. The summed E-state index contributed by atoms with van der Waals surface area (Å²) in [4.78, 5) is 40.7. The van der Waals surface area contributed by atoms with Gasteiger partial charge < -0.3 is 31.3 Å². The molecule has 0 unspecified atom stereocenters. The van der Waals surface area contributed by atoms with Crippen LogP contribution in [0.15, 0.2) is 53.3 Å². The number of likely N-dealkylation sites (N-methyl/N-ethyl adjacent to an activating group) is 1. The van der Waals surface area contributed by atoms with Crippen LogP contribution >= 0.6 is 0 Å². The van der Waals surface area contributed by atoms with Crippen molar-refractivity contribution < 1.29 is 53.1 Å². The molecule has 0 spiro atoms. The van der Waals surface area contributed by atoms with Gasteiger partial charge in [0.25, 0.3) is 5.91 Å². The molecule has 232 valence electrons. The second-order valence-electron chi connectivity index (χ2n) is 11.5. The summed E-state index contributed by atoms with van der Waals surface area (Å²) >= 11 is 0. The molecule has 7 N–H and O–H groups in total. The standard InChI is InChI=1S/C31H29F3N2O8/c1-12-16-11-8-14(7-4-13-5-9-15(10-6-13)31(32,33)34)23(37)18(16)24(38)19-17(12)25(39)21-22(36(2)3)26(40)20(29(35)43)28(42)30(21,44)27(19)41/h4-12,17,21-22,25,37-39,42,44H,1-3H3,(H2,35,43)/t12-,17+,21+,22-,25-,30-/m0/s1. The first-order valence-corrected chi connectivity index (χ1v) is 13.5. The van der Waals surface area contributed by atoms with Crippen molar-refractivity contribution >= 4 is 35.4 Å². The number of aliphatic hydroxyl groups excluding tert-OH is 3. The number of carbonyl (C=O) groups is 3. The summed E-state index contributed by atoms with van der Waals surface area (Å²) in [5.74, 6) is -9.96. The van der Waals surface area contributed by atoms with Crippen molar-refractivity contribution in [1.29, 1.82) is 0 Å². The summed E-state index contributed by atoms with van der Waals surface area (Å²) in [5.41, 5.74) is 0.530. The molecule has 2 aromatic carbocycles. The number of halogens is 3. The molecule has 1 amide bonds. The Hall–Kier alpha value is -4.46. The summed E-state index contributed by atoms with van der Waals surface area (Å²) in [6.07, 6.45) is -3.41. The zero-order valence-electron chi connectivity index (χ0n) is 23.6. The van der Waals surface area contributed by atoms with E-state index in [0.29, 0.717) is 11.1 Å². The number of aromatic hydroxyl groups is 1. The fourth-order valence-corrected chi connectivity index (χ4v) is 6.74. The molecule has 1 saturated carbocycles. The molecule has 10 nitrogen and oxygen atoms in total. The van der Waals surface area contributed by atoms with E-state index < -0.39 is 93.1 Å². The van der Waals surface area contributed by atoms with E-state index in [9.17, 15) is 53.1 Å². The molecular formula is C31H29F3N2O8. The number of benzene rings is 2. The minimum absolute atomic E-state index is 0.122. The number of hydrogen-bond acceptors (Lipinski definition) is 9. The van der Waals surface area contributed by atoms with Gasteiger partial charge >= 0.3 is 6.18 Å². The second-order valence-corrected chi connectivity index (χ2v) is 11.5. The van der Waals surface area contributed by atoms with Gasteiger partial charge in [-0.15, -0.1) is 0 Å². The molecule has 3 aliphatic carbocycles. The van der Waals surface area contributed by atoms with Crippen LogP contribution in [-0.4, -0.2) is 79.7 Å². The smallest absolute Gasteiger partial charge is 0.416 e. The van der Waals surface area contributed by atoms with Crippen LogP contribution in [0.1, 0.15) is 40.7 Å². The number of primary amides is 1. The highest BCUT2D eigenvalue weighted by molar-refractivity contribution is 6.24. The molecule has 6 atom stereocenters. The normalized spacial score (nSPS) is 28.8. The number of alkyl halides is 3. The first-order valence-electron chi connectivity index (χ1n) is 13.5. The summed E-state index contributed by atoms with van der Waals surface area (Å²) in [7, 11) is 2.84. The van der Waals surface area contributed by atoms with Gasteiger partial charge in [-0.3, -0.25) is 19.3 Å². The fraction of sp³-hybridized carbons (Fsp3) is 0.323. The highest BCUT2D eigenvalue weighted by Gasteiger charge is 2.68. The number of rotatable bonds is 4. The van der Waals surface area contributed by atoms with Crippen LogP contribution in [-0.2, 0) is 20.6 Å². The molecule has 13 heteroatoms. The predicted molar refractivity (Wildman–Crippen MR) is 151 cm³/mol. The van der Waals surface area contributed by atoms with Crippen molar-refractivity contribution in [3.8, 4) is 5.75 Å². The quantitative estimate of drug-likeness (QED) is 0.223. The number of aliphatic hydroxyl groups is 4. The number of amides is 1. The van der Waals surface area contributed by atoms with Crippen molar-refractivity contribution in [2.24, 2.45) is 17.6 Å². The molecule has 0 bridgehead atoms. The topological polar surface area (TPSA) is 182 Å². The summed E-state index contributed by atoms with van der Waals surface area (Å²) < 4.78 is 38.7. The lowest BCUT2D eigenvalue weighted by Gasteiger charge is -2.53. The van der Waals surface area contributed by atoms with Gasteiger partial charge in [0, 0.05) is 17.1 Å². The van der Waals surface area contributed by atoms with E-state index in [1.807, 2.05) is 0 Å². The van der Waals surface area contributed by atoms with Crippen LogP contribution in [0, 0.1) is 11.8 Å². The van der Waals surface area contributed by atoms with Crippen LogP contribution in [0.5, 0.6) is 5.75 Å². The van der Waals surface area contributed by atoms with Gasteiger partial charge in [-0.1, -0.05) is 43.3 Å². The van der Waals surface area contributed by atoms with Crippen LogP contribution in [0.25, 0.3) is 17.9 Å². The van der Waals surface area contributed by atoms with Gasteiger partial charge in [0.2, 0.25) is 5.78 Å². The number of nitrogens with zero attached hydrogens (tertiary/aromatic N) is 1. The molecule has 0 aromatic heterocycles. The Labute approximate surface area is 248 Å². The first-order chi connectivity index (χ1) is 20.4. The van der Waals surface area contributed by atoms with E-state index in [1.165, 1.54) is 55.4 Å². The lowest BCUT2D eigenvalue weighted by Crippen LogP contribution is -2.70. The molecule has 3 aliphatic rings. The van der Waals surface area contributed by atoms with Gasteiger partial charge in [0.1, 0.15) is 22.8 Å². The van der Waals surface area contributed by atoms with E-state index >= 15 is 0 Å². The Morgan fingerprint density at radius 3 is 2.18 bits per heavy atom. The third-order valence-corrected chi connectivity index (χ3v) is 8.85. The van der Waals surface area contributed by atoms with Crippen molar-refractivity contribution in [1.82, 2.24) is 4.90 Å². The summed E-state index contributed by atoms with van der Waals surface area (Å²) in [6.45, 7) is 1.60. The number of carbonyl (C=O) groups excluding carboxylic acids is 3. The van der Waals surface area contributed by atoms with Gasteiger partial charge in [-0.25, -0.2) is 0 Å². The zero-order chi connectivity index (χ0) is 32.6. The molecule has 5 rings (SSSR count). The largest absolute Gasteiger partial charge is 0.508 e. The Bertz CT molecular complexity index is 1690. The van der Waals surface area contributed by atoms with Gasteiger partial charge in [-0.05, 0) is 43.3 Å². The molecule has 0 heterocycles. The van der Waals surface area contributed by atoms with Crippen molar-refractivity contribution in [3.05, 3.63) is 81.1 Å². The van der Waals surface area contributed by atoms with Crippen molar-refractivity contribution in [2.45, 2.75) is 36.8 Å². The highest BCUT2D eigenvalue weighted by atomic mass is 19.4. The fourth-order valence-electron chi connectivity index (χ4n) is 6.74. The SMILES string of the molecule is C[C@H]1c2ccc(C=Cc3ccc(C(F)(F)F)cc3)c(O)c2C(O)=C2C(=O)[C@]3(O)C(O)=C(C(N)=O)C(=O)[C@@H](N(C)C)[C@@H]3[C@@H](O)[C@@H]21. The van der Waals surface area contributed by atoms with Crippen molar-refractivity contribution in [3.63, 3.8) is 0 Å². The first kappa shape index (κ1) is 31.0. The minimum Gasteiger partial charge on any atom is -0.508 e. The molecule has 0 saturated heterocycles. The number of nitrogens with two attached hydrogens (primary N) is 1. The van der Waals surface area contributed by atoms with Gasteiger partial charge in [0.15, 0.2) is 11.4 Å². The average molecular weight is 615 g/mol. The van der Waals surface area contributed by atoms with E-state index in [2.05, 4.69) is 0 Å². The minimum atomic E-state index is -4.51. The maximum absolute atomic E-state index is 14.1. The number of phenolic OH excluding ortho intramolecular Hbond substituents is 1. The maximum atomic E-state index is 14.1. The lowest BCUT2D eigenvalue weighted by molar-refractivity contribution is -0.169. The molecular weight excluding hydrogens is 585 g/mol. The molecule has 44 heavy (non-hydrogen) atoms. The Balaban J connectivity index is 1.64. The Kier molecular flexibility index (Phi) is 7.27. The average Bonchev–Trinajstić information content (AvgIpc) is 2.93. The van der Waals surface area contributed by atoms with E-state index in [4.69, 9.17) is 5.73 Å². The number of phenols is 1.